The van der Waals surface area contributed by atoms with Gasteiger partial charge in [-0.05, 0) is 65.9 Å². The van der Waals surface area contributed by atoms with Crippen molar-refractivity contribution in [2.45, 2.75) is 28.8 Å². The SMILES string of the molecule is FC(F)(F)C(F)(F)C(F)(F)Sc1ccc(NC(=S)NN(Cc2ccccc2)c2ccccc2)cc1. The van der Waals surface area contributed by atoms with Crippen molar-refractivity contribution in [3.05, 3.63) is 90.5 Å². The van der Waals surface area contributed by atoms with Crippen molar-refractivity contribution >= 4 is 40.5 Å². The molecule has 0 aliphatic rings. The van der Waals surface area contributed by atoms with Crippen molar-refractivity contribution in [2.75, 3.05) is 10.3 Å². The first-order valence-corrected chi connectivity index (χ1v) is 11.2. The van der Waals surface area contributed by atoms with Gasteiger partial charge < -0.3 is 5.32 Å². The van der Waals surface area contributed by atoms with Crippen molar-refractivity contribution in [3.8, 4) is 0 Å². The Hall–Kier alpha value is -2.99. The van der Waals surface area contributed by atoms with Crippen molar-refractivity contribution in [2.24, 2.45) is 0 Å². The van der Waals surface area contributed by atoms with Gasteiger partial charge in [0.1, 0.15) is 0 Å². The Morgan fingerprint density at radius 2 is 1.31 bits per heavy atom. The lowest BCUT2D eigenvalue weighted by molar-refractivity contribution is -0.330. The van der Waals surface area contributed by atoms with E-state index in [0.717, 1.165) is 23.4 Å². The first-order valence-electron chi connectivity index (χ1n) is 9.94. The number of hydrazine groups is 1. The lowest BCUT2D eigenvalue weighted by atomic mass is 10.2. The quantitative estimate of drug-likeness (QED) is 0.136. The summed E-state index contributed by atoms with van der Waals surface area (Å²) in [4.78, 5) is -0.474. The van der Waals surface area contributed by atoms with Crippen LogP contribution in [0.5, 0.6) is 0 Å². The molecule has 0 unspecified atom stereocenters. The van der Waals surface area contributed by atoms with Gasteiger partial charge in [-0.1, -0.05) is 48.5 Å². The van der Waals surface area contributed by atoms with Gasteiger partial charge in [0.15, 0.2) is 5.11 Å². The molecule has 186 valence electrons. The lowest BCUT2D eigenvalue weighted by Crippen LogP contribution is -2.49. The zero-order chi connectivity index (χ0) is 25.7. The summed E-state index contributed by atoms with van der Waals surface area (Å²) in [6, 6.07) is 23.3. The fourth-order valence-corrected chi connectivity index (χ4v) is 3.87. The predicted molar refractivity (Wildman–Crippen MR) is 127 cm³/mol. The van der Waals surface area contributed by atoms with Gasteiger partial charge in [0, 0.05) is 10.6 Å². The number of hydrogen-bond donors (Lipinski definition) is 2. The fraction of sp³-hybridized carbons (Fsp3) is 0.174. The van der Waals surface area contributed by atoms with Crippen LogP contribution in [0.2, 0.25) is 0 Å². The molecule has 0 aromatic heterocycles. The van der Waals surface area contributed by atoms with Gasteiger partial charge >= 0.3 is 17.4 Å². The predicted octanol–water partition coefficient (Wildman–Crippen LogP) is 7.48. The third kappa shape index (κ3) is 6.79. The van der Waals surface area contributed by atoms with Crippen LogP contribution in [0.4, 0.5) is 42.1 Å². The van der Waals surface area contributed by atoms with Gasteiger partial charge in [-0.25, -0.2) is 0 Å². The molecule has 0 bridgehead atoms. The van der Waals surface area contributed by atoms with Crippen LogP contribution < -0.4 is 15.8 Å². The number of rotatable bonds is 8. The number of nitrogens with zero attached hydrogens (tertiary/aromatic N) is 1. The minimum atomic E-state index is -6.38. The molecule has 2 N–H and O–H groups in total. The molecule has 0 fully saturated rings. The number of thioether (sulfide) groups is 1. The maximum atomic E-state index is 13.6. The molecule has 3 aromatic rings. The first-order chi connectivity index (χ1) is 16.4. The molecule has 0 atom stereocenters. The second kappa shape index (κ2) is 10.7. The third-order valence-corrected chi connectivity index (χ3v) is 5.78. The molecule has 0 saturated heterocycles. The first kappa shape index (κ1) is 26.6. The Balaban J connectivity index is 1.67. The van der Waals surface area contributed by atoms with E-state index in [1.165, 1.54) is 12.1 Å². The molecule has 0 heterocycles. The van der Waals surface area contributed by atoms with Gasteiger partial charge in [-0.15, -0.1) is 0 Å². The van der Waals surface area contributed by atoms with Crippen LogP contribution in [0.25, 0.3) is 0 Å². The summed E-state index contributed by atoms with van der Waals surface area (Å²) in [5.41, 5.74) is 5.13. The largest absolute Gasteiger partial charge is 0.460 e. The molecule has 12 heteroatoms. The van der Waals surface area contributed by atoms with Crippen molar-refractivity contribution in [1.29, 1.82) is 0 Å². The van der Waals surface area contributed by atoms with E-state index in [1.807, 2.05) is 60.7 Å². The normalized spacial score (nSPS) is 12.2. The summed E-state index contributed by atoms with van der Waals surface area (Å²) < 4.78 is 90.5. The molecular formula is C23H18F7N3S2. The van der Waals surface area contributed by atoms with Gasteiger partial charge in [0.25, 0.3) is 0 Å². The highest BCUT2D eigenvalue weighted by atomic mass is 32.2. The average Bonchev–Trinajstić information content (AvgIpc) is 2.80. The van der Waals surface area contributed by atoms with E-state index < -0.39 is 34.0 Å². The lowest BCUT2D eigenvalue weighted by Gasteiger charge is -2.28. The number of hydrogen-bond acceptors (Lipinski definition) is 3. The van der Waals surface area contributed by atoms with E-state index in [2.05, 4.69) is 10.7 Å². The minimum absolute atomic E-state index is 0.138. The van der Waals surface area contributed by atoms with E-state index in [0.29, 0.717) is 12.2 Å². The molecule has 0 spiro atoms. The maximum absolute atomic E-state index is 13.6. The Morgan fingerprint density at radius 1 is 0.771 bits per heavy atom. The molecule has 0 radical (unpaired) electrons. The zero-order valence-electron chi connectivity index (χ0n) is 17.7. The number of nitrogens with one attached hydrogen (secondary N) is 2. The van der Waals surface area contributed by atoms with Crippen LogP contribution in [0, 0.1) is 0 Å². The number of alkyl halides is 7. The van der Waals surface area contributed by atoms with E-state index in [4.69, 9.17) is 12.2 Å². The Morgan fingerprint density at radius 3 is 1.86 bits per heavy atom. The van der Waals surface area contributed by atoms with E-state index in [-0.39, 0.29) is 5.11 Å². The van der Waals surface area contributed by atoms with Gasteiger partial charge in [0.05, 0.1) is 12.2 Å². The summed E-state index contributed by atoms with van der Waals surface area (Å²) in [5.74, 6) is -6.19. The number of benzene rings is 3. The molecule has 3 rings (SSSR count). The highest BCUT2D eigenvalue weighted by Crippen LogP contribution is 2.53. The Bertz CT molecular complexity index is 1110. The fourth-order valence-electron chi connectivity index (χ4n) is 2.83. The number of anilines is 2. The molecule has 0 saturated carbocycles. The third-order valence-electron chi connectivity index (χ3n) is 4.57. The topological polar surface area (TPSA) is 27.3 Å². The van der Waals surface area contributed by atoms with Crippen LogP contribution in [0.3, 0.4) is 0 Å². The van der Waals surface area contributed by atoms with Crippen LogP contribution in [-0.4, -0.2) is 22.5 Å². The minimum Gasteiger partial charge on any atom is -0.331 e. The second-order valence-electron chi connectivity index (χ2n) is 7.19. The summed E-state index contributed by atoms with van der Waals surface area (Å²) in [5, 5.41) is -0.647. The van der Waals surface area contributed by atoms with Crippen LogP contribution >= 0.6 is 24.0 Å². The van der Waals surface area contributed by atoms with Crippen LogP contribution in [0.1, 0.15) is 5.56 Å². The summed E-state index contributed by atoms with van der Waals surface area (Å²) in [6.07, 6.45) is -6.38. The average molecular weight is 534 g/mol. The summed E-state index contributed by atoms with van der Waals surface area (Å²) in [7, 11) is 0. The molecule has 0 amide bonds. The molecule has 3 nitrogen and oxygen atoms in total. The standard InChI is InChI=1S/C23H18F7N3S2/c24-21(25,22(26,27)28)23(29,30)35-19-13-11-17(12-14-19)31-20(34)32-33(18-9-5-2-6-10-18)15-16-7-3-1-4-8-16/h1-14H,15H2,(H2,31,32,34). The summed E-state index contributed by atoms with van der Waals surface area (Å²) in [6.45, 7) is 0.449. The highest BCUT2D eigenvalue weighted by molar-refractivity contribution is 8.00. The number of thiocarbonyl (C=S) groups is 1. The van der Waals surface area contributed by atoms with E-state index >= 15 is 0 Å². The number of halogens is 7. The van der Waals surface area contributed by atoms with E-state index in [9.17, 15) is 30.7 Å². The van der Waals surface area contributed by atoms with Gasteiger partial charge in [-0.3, -0.25) is 10.4 Å². The van der Waals surface area contributed by atoms with Crippen LogP contribution in [0.15, 0.2) is 89.8 Å². The highest BCUT2D eigenvalue weighted by Gasteiger charge is 2.73. The smallest absolute Gasteiger partial charge is 0.331 e. The monoisotopic (exact) mass is 533 g/mol. The maximum Gasteiger partial charge on any atom is 0.460 e. The Labute approximate surface area is 206 Å². The summed E-state index contributed by atoms with van der Waals surface area (Å²) >= 11 is 4.45. The molecule has 35 heavy (non-hydrogen) atoms. The van der Waals surface area contributed by atoms with Crippen molar-refractivity contribution in [1.82, 2.24) is 5.43 Å². The number of para-hydroxylation sites is 1. The van der Waals surface area contributed by atoms with Crippen molar-refractivity contribution in [3.63, 3.8) is 0 Å². The molecule has 0 aliphatic carbocycles. The molecule has 0 aliphatic heterocycles. The molecule has 3 aromatic carbocycles. The molecular weight excluding hydrogens is 515 g/mol. The van der Waals surface area contributed by atoms with Gasteiger partial charge in [0.2, 0.25) is 0 Å². The zero-order valence-corrected chi connectivity index (χ0v) is 19.3. The van der Waals surface area contributed by atoms with E-state index in [1.54, 1.807) is 5.01 Å². The van der Waals surface area contributed by atoms with Crippen molar-refractivity contribution < 1.29 is 30.7 Å². The van der Waals surface area contributed by atoms with Gasteiger partial charge in [-0.2, -0.15) is 30.7 Å². The Kier molecular flexibility index (Phi) is 8.16. The second-order valence-corrected chi connectivity index (χ2v) is 8.79. The van der Waals surface area contributed by atoms with Crippen LogP contribution in [-0.2, 0) is 6.54 Å².